The van der Waals surface area contributed by atoms with Gasteiger partial charge in [-0.15, -0.1) is 0 Å². The van der Waals surface area contributed by atoms with E-state index in [2.05, 4.69) is 22.0 Å². The van der Waals surface area contributed by atoms with Crippen molar-refractivity contribution in [3.05, 3.63) is 11.7 Å². The van der Waals surface area contributed by atoms with Gasteiger partial charge in [-0.25, -0.2) is 0 Å². The summed E-state index contributed by atoms with van der Waals surface area (Å²) in [7, 11) is 0. The molecule has 0 radical (unpaired) electrons. The number of likely N-dealkylation sites (tertiary alicyclic amines) is 1. The van der Waals surface area contributed by atoms with Crippen molar-refractivity contribution in [3.63, 3.8) is 0 Å². The summed E-state index contributed by atoms with van der Waals surface area (Å²) >= 11 is 0. The Hall–Kier alpha value is -0.940. The molecule has 0 saturated carbocycles. The third kappa shape index (κ3) is 3.76. The topological polar surface area (TPSA) is 68.2 Å². The normalized spacial score (nSPS) is 21.8. The summed E-state index contributed by atoms with van der Waals surface area (Å²) < 4.78 is 5.34. The largest absolute Gasteiger partial charge is 0.338 e. The van der Waals surface area contributed by atoms with Crippen molar-refractivity contribution in [1.82, 2.24) is 15.0 Å². The average molecular weight is 266 g/mol. The lowest BCUT2D eigenvalue weighted by molar-refractivity contribution is 0.116. The summed E-state index contributed by atoms with van der Waals surface area (Å²) in [6.07, 6.45) is 6.38. The zero-order valence-corrected chi connectivity index (χ0v) is 12.4. The molecule has 1 aromatic rings. The van der Waals surface area contributed by atoms with Gasteiger partial charge in [-0.1, -0.05) is 24.9 Å². The summed E-state index contributed by atoms with van der Waals surface area (Å²) in [5.41, 5.74) is 5.44. The van der Waals surface area contributed by atoms with Crippen LogP contribution in [0.15, 0.2) is 4.52 Å². The average Bonchev–Trinajstić information content (AvgIpc) is 2.80. The predicted molar refractivity (Wildman–Crippen MR) is 74.5 cm³/mol. The van der Waals surface area contributed by atoms with Crippen LogP contribution < -0.4 is 5.73 Å². The van der Waals surface area contributed by atoms with Crippen molar-refractivity contribution in [3.8, 4) is 0 Å². The third-order valence-corrected chi connectivity index (χ3v) is 3.75. The fourth-order valence-corrected chi connectivity index (χ4v) is 2.68. The molecule has 1 fully saturated rings. The first-order valence-electron chi connectivity index (χ1n) is 7.36. The maximum atomic E-state index is 5.98. The second kappa shape index (κ2) is 6.01. The van der Waals surface area contributed by atoms with E-state index in [1.165, 1.54) is 32.1 Å². The molecule has 2 rings (SSSR count). The molecule has 2 heterocycles. The Morgan fingerprint density at radius 3 is 2.84 bits per heavy atom. The summed E-state index contributed by atoms with van der Waals surface area (Å²) in [6.45, 7) is 7.92. The monoisotopic (exact) mass is 266 g/mol. The molecule has 1 unspecified atom stereocenters. The van der Waals surface area contributed by atoms with Crippen molar-refractivity contribution in [1.29, 1.82) is 0 Å². The van der Waals surface area contributed by atoms with Gasteiger partial charge >= 0.3 is 0 Å². The van der Waals surface area contributed by atoms with Crippen LogP contribution in [0.3, 0.4) is 0 Å². The van der Waals surface area contributed by atoms with Crippen molar-refractivity contribution >= 4 is 0 Å². The van der Waals surface area contributed by atoms with Gasteiger partial charge < -0.3 is 10.3 Å². The van der Waals surface area contributed by atoms with Gasteiger partial charge in [0, 0.05) is 6.04 Å². The number of piperidine rings is 1. The highest BCUT2D eigenvalue weighted by molar-refractivity contribution is 4.99. The van der Waals surface area contributed by atoms with Gasteiger partial charge in [-0.3, -0.25) is 4.90 Å². The fourth-order valence-electron chi connectivity index (χ4n) is 2.68. The smallest absolute Gasteiger partial charge is 0.240 e. The molecule has 0 bridgehead atoms. The molecule has 108 valence electrons. The van der Waals surface area contributed by atoms with E-state index >= 15 is 0 Å². The van der Waals surface area contributed by atoms with E-state index in [0.717, 1.165) is 13.1 Å². The summed E-state index contributed by atoms with van der Waals surface area (Å²) in [4.78, 5) is 6.91. The zero-order chi connectivity index (χ0) is 13.9. The van der Waals surface area contributed by atoms with Crippen LogP contribution in [0.25, 0.3) is 0 Å². The van der Waals surface area contributed by atoms with Gasteiger partial charge in [-0.2, -0.15) is 4.98 Å². The Kier molecular flexibility index (Phi) is 4.58. The minimum Gasteiger partial charge on any atom is -0.338 e. The van der Waals surface area contributed by atoms with Gasteiger partial charge in [-0.05, 0) is 39.7 Å². The lowest BCUT2D eigenvalue weighted by atomic mass is 9.98. The van der Waals surface area contributed by atoms with Crippen LogP contribution in [0.2, 0.25) is 0 Å². The number of hydrogen-bond donors (Lipinski definition) is 1. The predicted octanol–water partition coefficient (Wildman–Crippen LogP) is 2.42. The molecular weight excluding hydrogens is 240 g/mol. The Labute approximate surface area is 115 Å². The van der Waals surface area contributed by atoms with Gasteiger partial charge in [0.15, 0.2) is 5.82 Å². The molecule has 0 aromatic carbocycles. The maximum absolute atomic E-state index is 5.98. The Bertz CT molecular complexity index is 394. The molecule has 1 atom stereocenters. The Morgan fingerprint density at radius 2 is 2.21 bits per heavy atom. The van der Waals surface area contributed by atoms with Crippen molar-refractivity contribution in [2.24, 2.45) is 5.73 Å². The van der Waals surface area contributed by atoms with E-state index in [9.17, 15) is 0 Å². The van der Waals surface area contributed by atoms with Crippen LogP contribution in [0, 0.1) is 0 Å². The van der Waals surface area contributed by atoms with Gasteiger partial charge in [0.2, 0.25) is 5.89 Å². The zero-order valence-electron chi connectivity index (χ0n) is 12.4. The summed E-state index contributed by atoms with van der Waals surface area (Å²) in [5.74, 6) is 1.28. The molecule has 5 heteroatoms. The summed E-state index contributed by atoms with van der Waals surface area (Å²) in [6, 6.07) is 0.667. The van der Waals surface area contributed by atoms with Gasteiger partial charge in [0.25, 0.3) is 0 Å². The second-order valence-electron chi connectivity index (χ2n) is 6.14. The van der Waals surface area contributed by atoms with Crippen molar-refractivity contribution < 1.29 is 4.52 Å². The van der Waals surface area contributed by atoms with E-state index in [0.29, 0.717) is 17.8 Å². The highest BCUT2D eigenvalue weighted by Crippen LogP contribution is 2.23. The fraction of sp³-hybridized carbons (Fsp3) is 0.857. The molecular formula is C14H26N4O. The maximum Gasteiger partial charge on any atom is 0.240 e. The first kappa shape index (κ1) is 14.5. The second-order valence-corrected chi connectivity index (χ2v) is 6.14. The van der Waals surface area contributed by atoms with Crippen LogP contribution in [0.1, 0.15) is 64.6 Å². The van der Waals surface area contributed by atoms with Crippen molar-refractivity contribution in [2.75, 3.05) is 6.54 Å². The number of rotatable bonds is 5. The van der Waals surface area contributed by atoms with Crippen LogP contribution in [-0.4, -0.2) is 27.6 Å². The molecule has 0 amide bonds. The Balaban J connectivity index is 2.00. The first-order valence-corrected chi connectivity index (χ1v) is 7.36. The van der Waals surface area contributed by atoms with E-state index in [1.807, 2.05) is 13.8 Å². The molecule has 1 saturated heterocycles. The number of hydrogen-bond acceptors (Lipinski definition) is 5. The third-order valence-electron chi connectivity index (χ3n) is 3.75. The lowest BCUT2D eigenvalue weighted by Crippen LogP contribution is -2.39. The number of nitrogens with two attached hydrogens (primary N) is 1. The molecule has 0 aliphatic carbocycles. The standard InChI is InChI=1S/C14H26N4O/c1-4-7-11-8-5-6-9-18(11)10-12-16-13(17-19-12)14(2,3)15/h11H,4-10,15H2,1-3H3. The first-order chi connectivity index (χ1) is 9.00. The molecule has 1 aliphatic heterocycles. The van der Waals surface area contributed by atoms with E-state index in [1.54, 1.807) is 0 Å². The highest BCUT2D eigenvalue weighted by Gasteiger charge is 2.26. The molecule has 19 heavy (non-hydrogen) atoms. The van der Waals surface area contributed by atoms with Crippen LogP contribution in [0.4, 0.5) is 0 Å². The molecule has 1 aliphatic rings. The SMILES string of the molecule is CCCC1CCCCN1Cc1nc(C(C)(C)N)no1. The summed E-state index contributed by atoms with van der Waals surface area (Å²) in [5, 5.41) is 3.99. The molecule has 1 aromatic heterocycles. The van der Waals surface area contributed by atoms with Crippen molar-refractivity contribution in [2.45, 2.75) is 71.0 Å². The quantitative estimate of drug-likeness (QED) is 0.886. The lowest BCUT2D eigenvalue weighted by Gasteiger charge is -2.34. The minimum atomic E-state index is -0.535. The number of nitrogens with zero attached hydrogens (tertiary/aromatic N) is 3. The van der Waals surface area contributed by atoms with E-state index < -0.39 is 5.54 Å². The molecule has 0 spiro atoms. The molecule has 2 N–H and O–H groups in total. The van der Waals surface area contributed by atoms with Gasteiger partial charge in [0.1, 0.15) is 0 Å². The van der Waals surface area contributed by atoms with Crippen LogP contribution in [-0.2, 0) is 12.1 Å². The minimum absolute atomic E-state index is 0.535. The van der Waals surface area contributed by atoms with E-state index in [-0.39, 0.29) is 0 Å². The molecule has 5 nitrogen and oxygen atoms in total. The van der Waals surface area contributed by atoms with Crippen LogP contribution >= 0.6 is 0 Å². The van der Waals surface area contributed by atoms with Gasteiger partial charge in [0.05, 0.1) is 12.1 Å². The highest BCUT2D eigenvalue weighted by atomic mass is 16.5. The number of aromatic nitrogens is 2. The van der Waals surface area contributed by atoms with Crippen LogP contribution in [0.5, 0.6) is 0 Å². The van der Waals surface area contributed by atoms with E-state index in [4.69, 9.17) is 10.3 Å². The Morgan fingerprint density at radius 1 is 1.42 bits per heavy atom.